The van der Waals surface area contributed by atoms with Gasteiger partial charge in [0.05, 0.1) is 10.2 Å². The molecule has 5 nitrogen and oxygen atoms in total. The van der Waals surface area contributed by atoms with Crippen LogP contribution in [-0.4, -0.2) is 34.3 Å². The van der Waals surface area contributed by atoms with E-state index in [1.165, 1.54) is 18.3 Å². The van der Waals surface area contributed by atoms with Gasteiger partial charge in [-0.1, -0.05) is 41.7 Å². The summed E-state index contributed by atoms with van der Waals surface area (Å²) in [6, 6.07) is 11.8. The topological polar surface area (TPSA) is 62.3 Å². The second kappa shape index (κ2) is 5.87. The maximum atomic E-state index is 12.5. The Morgan fingerprint density at radius 1 is 1.25 bits per heavy atom. The van der Waals surface area contributed by atoms with Gasteiger partial charge in [-0.15, -0.1) is 0 Å². The number of benzene rings is 2. The van der Waals surface area contributed by atoms with Crippen molar-refractivity contribution in [1.29, 1.82) is 0 Å². The Kier molecular flexibility index (Phi) is 3.69. The number of nitrogens with zero attached hydrogens (tertiary/aromatic N) is 2. The smallest absolute Gasteiger partial charge is 0.248 e. The summed E-state index contributed by atoms with van der Waals surface area (Å²) in [5.74, 6) is -0.200. The van der Waals surface area contributed by atoms with Gasteiger partial charge in [0.25, 0.3) is 0 Å². The largest absolute Gasteiger partial charge is 0.331 e. The third kappa shape index (κ3) is 2.53. The van der Waals surface area contributed by atoms with Gasteiger partial charge in [0, 0.05) is 18.9 Å². The molecule has 4 rings (SSSR count). The van der Waals surface area contributed by atoms with Gasteiger partial charge in [-0.05, 0) is 24.3 Å². The summed E-state index contributed by atoms with van der Waals surface area (Å²) in [5, 5.41) is 5.78. The normalized spacial score (nSPS) is 17.5. The van der Waals surface area contributed by atoms with Crippen molar-refractivity contribution in [1.82, 2.24) is 9.88 Å². The summed E-state index contributed by atoms with van der Waals surface area (Å²) in [4.78, 5) is 30.3. The third-order valence-electron chi connectivity index (χ3n) is 4.47. The van der Waals surface area contributed by atoms with Gasteiger partial charge < -0.3 is 10.2 Å². The second-order valence-electron chi connectivity index (χ2n) is 6.01. The molecule has 0 saturated carbocycles. The Morgan fingerprint density at radius 3 is 2.92 bits per heavy atom. The lowest BCUT2D eigenvalue weighted by Crippen LogP contribution is -2.42. The number of thiazole rings is 1. The van der Waals surface area contributed by atoms with Crippen molar-refractivity contribution in [3.05, 3.63) is 36.4 Å². The first-order valence-corrected chi connectivity index (χ1v) is 8.81. The Morgan fingerprint density at radius 2 is 2.08 bits per heavy atom. The van der Waals surface area contributed by atoms with Gasteiger partial charge in [-0.3, -0.25) is 9.59 Å². The number of carbonyl (C=O) groups is 2. The average Bonchev–Trinajstić information content (AvgIpc) is 3.21. The predicted molar refractivity (Wildman–Crippen MR) is 96.2 cm³/mol. The number of aromatic nitrogens is 1. The number of nitrogens with one attached hydrogen (secondary N) is 1. The van der Waals surface area contributed by atoms with Crippen LogP contribution in [-0.2, 0) is 9.59 Å². The van der Waals surface area contributed by atoms with Crippen LogP contribution in [0.2, 0.25) is 0 Å². The van der Waals surface area contributed by atoms with E-state index in [1.54, 1.807) is 4.90 Å². The Bertz CT molecular complexity index is 950. The molecular weight excluding hydrogens is 322 g/mol. The molecule has 2 aromatic carbocycles. The monoisotopic (exact) mass is 339 g/mol. The highest BCUT2D eigenvalue weighted by molar-refractivity contribution is 7.23. The van der Waals surface area contributed by atoms with E-state index in [0.717, 1.165) is 27.4 Å². The summed E-state index contributed by atoms with van der Waals surface area (Å²) < 4.78 is 1.07. The van der Waals surface area contributed by atoms with E-state index in [1.807, 2.05) is 24.3 Å². The molecule has 122 valence electrons. The van der Waals surface area contributed by atoms with Crippen LogP contribution in [0, 0.1) is 0 Å². The standard InChI is InChI=1S/C18H17N3O2S/c1-11(22)21-10-4-7-15(21)17(23)20-18-19-14-9-8-12-5-2-3-6-13(12)16(14)24-18/h2-3,5-6,8-9,15H,4,7,10H2,1H3,(H,19,20,23)/t15-/m1/s1. The molecule has 3 aromatic rings. The fourth-order valence-electron chi connectivity index (χ4n) is 3.31. The van der Waals surface area contributed by atoms with Crippen LogP contribution in [0.25, 0.3) is 21.0 Å². The zero-order valence-electron chi connectivity index (χ0n) is 13.3. The zero-order valence-corrected chi connectivity index (χ0v) is 14.1. The molecule has 1 aromatic heterocycles. The summed E-state index contributed by atoms with van der Waals surface area (Å²) in [5.41, 5.74) is 0.879. The second-order valence-corrected chi connectivity index (χ2v) is 7.01. The van der Waals surface area contributed by atoms with Crippen molar-refractivity contribution in [2.45, 2.75) is 25.8 Å². The first kappa shape index (κ1) is 15.1. The van der Waals surface area contributed by atoms with Crippen LogP contribution >= 0.6 is 11.3 Å². The number of rotatable bonds is 2. The highest BCUT2D eigenvalue weighted by Gasteiger charge is 2.32. The lowest BCUT2D eigenvalue weighted by Gasteiger charge is -2.21. The molecular formula is C18H17N3O2S. The van der Waals surface area contributed by atoms with E-state index in [4.69, 9.17) is 0 Å². The van der Waals surface area contributed by atoms with Crippen molar-refractivity contribution in [2.75, 3.05) is 11.9 Å². The number of hydrogen-bond acceptors (Lipinski definition) is 4. The number of amides is 2. The summed E-state index contributed by atoms with van der Waals surface area (Å²) in [6.45, 7) is 2.16. The minimum Gasteiger partial charge on any atom is -0.331 e. The summed E-state index contributed by atoms with van der Waals surface area (Å²) >= 11 is 1.48. The third-order valence-corrected chi connectivity index (χ3v) is 5.49. The molecule has 0 spiro atoms. The Hall–Kier alpha value is -2.47. The van der Waals surface area contributed by atoms with E-state index >= 15 is 0 Å². The van der Waals surface area contributed by atoms with Gasteiger partial charge in [-0.2, -0.15) is 0 Å². The van der Waals surface area contributed by atoms with Gasteiger partial charge in [-0.25, -0.2) is 4.98 Å². The average molecular weight is 339 g/mol. The molecule has 1 saturated heterocycles. The van der Waals surface area contributed by atoms with E-state index in [0.29, 0.717) is 18.1 Å². The van der Waals surface area contributed by atoms with Crippen molar-refractivity contribution in [3.63, 3.8) is 0 Å². The first-order chi connectivity index (χ1) is 11.6. The number of anilines is 1. The first-order valence-electron chi connectivity index (χ1n) is 8.00. The van der Waals surface area contributed by atoms with Gasteiger partial charge >= 0.3 is 0 Å². The van der Waals surface area contributed by atoms with E-state index in [9.17, 15) is 9.59 Å². The number of carbonyl (C=O) groups excluding carboxylic acids is 2. The molecule has 1 aliphatic rings. The maximum absolute atomic E-state index is 12.5. The molecule has 0 unspecified atom stereocenters. The lowest BCUT2D eigenvalue weighted by atomic mass is 10.1. The fraction of sp³-hybridized carbons (Fsp3) is 0.278. The van der Waals surface area contributed by atoms with Crippen LogP contribution in [0.5, 0.6) is 0 Å². The van der Waals surface area contributed by atoms with Crippen LogP contribution in [0.4, 0.5) is 5.13 Å². The molecule has 1 aliphatic heterocycles. The minimum absolute atomic E-state index is 0.0528. The molecule has 1 atom stereocenters. The van der Waals surface area contributed by atoms with Crippen molar-refractivity contribution >= 4 is 49.3 Å². The van der Waals surface area contributed by atoms with Crippen molar-refractivity contribution in [3.8, 4) is 0 Å². The lowest BCUT2D eigenvalue weighted by molar-refractivity contribution is -0.134. The molecule has 2 heterocycles. The number of likely N-dealkylation sites (tertiary alicyclic amines) is 1. The highest BCUT2D eigenvalue weighted by atomic mass is 32.1. The van der Waals surface area contributed by atoms with E-state index in [2.05, 4.69) is 22.4 Å². The van der Waals surface area contributed by atoms with Gasteiger partial charge in [0.2, 0.25) is 11.8 Å². The summed E-state index contributed by atoms with van der Waals surface area (Å²) in [6.07, 6.45) is 1.57. The molecule has 2 amide bonds. The van der Waals surface area contributed by atoms with Gasteiger partial charge in [0.1, 0.15) is 6.04 Å². The fourth-order valence-corrected chi connectivity index (χ4v) is 4.32. The molecule has 0 aliphatic carbocycles. The van der Waals surface area contributed by atoms with Crippen LogP contribution in [0.15, 0.2) is 36.4 Å². The van der Waals surface area contributed by atoms with Gasteiger partial charge in [0.15, 0.2) is 5.13 Å². The molecule has 1 N–H and O–H groups in total. The van der Waals surface area contributed by atoms with Crippen LogP contribution in [0.1, 0.15) is 19.8 Å². The molecule has 24 heavy (non-hydrogen) atoms. The Labute approximate surface area is 143 Å². The Balaban J connectivity index is 1.64. The minimum atomic E-state index is -0.383. The highest BCUT2D eigenvalue weighted by Crippen LogP contribution is 2.33. The SMILES string of the molecule is CC(=O)N1CCC[C@@H]1C(=O)Nc1nc2ccc3ccccc3c2s1. The predicted octanol–water partition coefficient (Wildman–Crippen LogP) is 3.40. The quantitative estimate of drug-likeness (QED) is 0.778. The molecule has 1 fully saturated rings. The van der Waals surface area contributed by atoms with Crippen molar-refractivity contribution in [2.24, 2.45) is 0 Å². The van der Waals surface area contributed by atoms with Crippen LogP contribution < -0.4 is 5.32 Å². The van der Waals surface area contributed by atoms with Crippen LogP contribution in [0.3, 0.4) is 0 Å². The maximum Gasteiger partial charge on any atom is 0.248 e. The zero-order chi connectivity index (χ0) is 16.7. The summed E-state index contributed by atoms with van der Waals surface area (Å²) in [7, 11) is 0. The van der Waals surface area contributed by atoms with E-state index < -0.39 is 0 Å². The molecule has 0 radical (unpaired) electrons. The molecule has 6 heteroatoms. The number of hydrogen-bond donors (Lipinski definition) is 1. The number of fused-ring (bicyclic) bond motifs is 3. The molecule has 0 bridgehead atoms. The van der Waals surface area contributed by atoms with Crippen molar-refractivity contribution < 1.29 is 9.59 Å². The van der Waals surface area contributed by atoms with E-state index in [-0.39, 0.29) is 17.9 Å².